The van der Waals surface area contributed by atoms with Gasteiger partial charge in [-0.2, -0.15) is 0 Å². The molecule has 1 saturated heterocycles. The third-order valence-electron chi connectivity index (χ3n) is 3.18. The van der Waals surface area contributed by atoms with Gasteiger partial charge < -0.3 is 9.47 Å². The van der Waals surface area contributed by atoms with Crippen molar-refractivity contribution in [1.82, 2.24) is 4.90 Å². The van der Waals surface area contributed by atoms with Gasteiger partial charge >= 0.3 is 0 Å². The van der Waals surface area contributed by atoms with Crippen molar-refractivity contribution >= 4 is 18.2 Å². The van der Waals surface area contributed by atoms with Crippen LogP contribution >= 0.6 is 12.4 Å². The minimum atomic E-state index is 0. The molecule has 0 bridgehead atoms. The van der Waals surface area contributed by atoms with Crippen LogP contribution in [0.3, 0.4) is 0 Å². The molecule has 19 heavy (non-hydrogen) atoms. The van der Waals surface area contributed by atoms with Crippen LogP contribution in [0, 0.1) is 0 Å². The topological polar surface area (TPSA) is 38.8 Å². The van der Waals surface area contributed by atoms with E-state index in [-0.39, 0.29) is 18.2 Å². The first-order chi connectivity index (χ1) is 8.70. The number of rotatable bonds is 4. The Hall–Kier alpha value is -1.10. The fourth-order valence-corrected chi connectivity index (χ4v) is 2.12. The summed E-state index contributed by atoms with van der Waals surface area (Å²) in [6, 6.07) is 5.60. The van der Waals surface area contributed by atoms with Gasteiger partial charge in [-0.3, -0.25) is 9.69 Å². The molecule has 1 aliphatic rings. The highest BCUT2D eigenvalue weighted by atomic mass is 35.5. The lowest BCUT2D eigenvalue weighted by atomic mass is 10.1. The van der Waals surface area contributed by atoms with Gasteiger partial charge in [0.2, 0.25) is 0 Å². The lowest BCUT2D eigenvalue weighted by Crippen LogP contribution is -2.35. The van der Waals surface area contributed by atoms with E-state index in [2.05, 4.69) is 4.90 Å². The molecule has 0 radical (unpaired) electrons. The fraction of sp³-hybridized carbons (Fsp3) is 0.500. The van der Waals surface area contributed by atoms with Gasteiger partial charge in [-0.1, -0.05) is 0 Å². The van der Waals surface area contributed by atoms with E-state index in [1.807, 2.05) is 18.2 Å². The lowest BCUT2D eigenvalue weighted by Gasteiger charge is -2.27. The maximum atomic E-state index is 11.4. The quantitative estimate of drug-likeness (QED) is 0.795. The molecule has 1 aromatic carbocycles. The number of hydrogen-bond acceptors (Lipinski definition) is 4. The average molecular weight is 286 g/mol. The monoisotopic (exact) mass is 285 g/mol. The van der Waals surface area contributed by atoms with E-state index >= 15 is 0 Å². The lowest BCUT2D eigenvalue weighted by molar-refractivity contribution is 0.0338. The number of morpholine rings is 1. The predicted octanol–water partition coefficient (Wildman–Crippen LogP) is 2.15. The normalized spacial score (nSPS) is 15.7. The van der Waals surface area contributed by atoms with Crippen molar-refractivity contribution in [3.8, 4) is 5.75 Å². The first-order valence-corrected chi connectivity index (χ1v) is 6.18. The molecule has 0 spiro atoms. The minimum Gasteiger partial charge on any atom is -0.496 e. The molecule has 0 N–H and O–H groups in total. The second-order valence-corrected chi connectivity index (χ2v) is 4.47. The Balaban J connectivity index is 0.00000180. The number of carbonyl (C=O) groups excluding carboxylic acids is 1. The van der Waals surface area contributed by atoms with E-state index in [4.69, 9.17) is 9.47 Å². The minimum absolute atomic E-state index is 0. The second-order valence-electron chi connectivity index (χ2n) is 4.47. The van der Waals surface area contributed by atoms with E-state index in [1.165, 1.54) is 0 Å². The number of carbonyl (C=O) groups is 1. The fourth-order valence-electron chi connectivity index (χ4n) is 2.12. The molecular formula is C14H20ClNO3. The van der Waals surface area contributed by atoms with Crippen molar-refractivity contribution in [3.05, 3.63) is 29.3 Å². The third kappa shape index (κ3) is 4.20. The molecule has 0 aromatic heterocycles. The summed E-state index contributed by atoms with van der Waals surface area (Å²) in [5.74, 6) is 0.923. The summed E-state index contributed by atoms with van der Waals surface area (Å²) in [5, 5.41) is 0. The number of ketones is 1. The summed E-state index contributed by atoms with van der Waals surface area (Å²) in [6.07, 6.45) is 0. The van der Waals surface area contributed by atoms with Gasteiger partial charge in [0.05, 0.1) is 20.3 Å². The zero-order valence-corrected chi connectivity index (χ0v) is 12.2. The van der Waals surface area contributed by atoms with Crippen LogP contribution in [-0.4, -0.2) is 44.1 Å². The molecule has 0 atom stereocenters. The highest BCUT2D eigenvalue weighted by molar-refractivity contribution is 5.94. The number of hydrogen-bond donors (Lipinski definition) is 0. The number of benzene rings is 1. The summed E-state index contributed by atoms with van der Waals surface area (Å²) in [4.78, 5) is 13.7. The molecule has 0 saturated carbocycles. The van der Waals surface area contributed by atoms with Crippen molar-refractivity contribution in [1.29, 1.82) is 0 Å². The summed E-state index contributed by atoms with van der Waals surface area (Å²) in [5.41, 5.74) is 1.80. The van der Waals surface area contributed by atoms with Crippen molar-refractivity contribution in [2.75, 3.05) is 33.4 Å². The number of nitrogens with zero attached hydrogens (tertiary/aromatic N) is 1. The smallest absolute Gasteiger partial charge is 0.159 e. The van der Waals surface area contributed by atoms with E-state index in [0.717, 1.165) is 49.7 Å². The molecule has 4 nitrogen and oxygen atoms in total. The van der Waals surface area contributed by atoms with Crippen LogP contribution in [0.4, 0.5) is 0 Å². The van der Waals surface area contributed by atoms with Crippen molar-refractivity contribution < 1.29 is 14.3 Å². The molecule has 0 amide bonds. The second kappa shape index (κ2) is 7.48. The first-order valence-electron chi connectivity index (χ1n) is 6.18. The van der Waals surface area contributed by atoms with Crippen LogP contribution in [0.2, 0.25) is 0 Å². The number of methoxy groups -OCH3 is 1. The van der Waals surface area contributed by atoms with Gasteiger partial charge in [-0.05, 0) is 25.1 Å². The highest BCUT2D eigenvalue weighted by Crippen LogP contribution is 2.22. The predicted molar refractivity (Wildman–Crippen MR) is 76.3 cm³/mol. The Morgan fingerprint density at radius 3 is 2.63 bits per heavy atom. The van der Waals surface area contributed by atoms with Gasteiger partial charge in [-0.15, -0.1) is 12.4 Å². The summed E-state index contributed by atoms with van der Waals surface area (Å²) < 4.78 is 10.7. The zero-order chi connectivity index (χ0) is 13.0. The molecule has 1 heterocycles. The molecule has 5 heteroatoms. The average Bonchev–Trinajstić information content (AvgIpc) is 2.39. The molecule has 2 rings (SSSR count). The van der Waals surface area contributed by atoms with Crippen LogP contribution in [0.5, 0.6) is 5.75 Å². The SMILES string of the molecule is COc1ccc(C(C)=O)cc1CN1CCOCC1.Cl. The largest absolute Gasteiger partial charge is 0.496 e. The zero-order valence-electron chi connectivity index (χ0n) is 11.3. The Morgan fingerprint density at radius 1 is 1.37 bits per heavy atom. The van der Waals surface area contributed by atoms with Gasteiger partial charge in [-0.25, -0.2) is 0 Å². The Morgan fingerprint density at radius 2 is 2.05 bits per heavy atom. The van der Waals surface area contributed by atoms with E-state index in [1.54, 1.807) is 14.0 Å². The van der Waals surface area contributed by atoms with Crippen molar-refractivity contribution in [3.63, 3.8) is 0 Å². The van der Waals surface area contributed by atoms with Crippen LogP contribution in [-0.2, 0) is 11.3 Å². The maximum absolute atomic E-state index is 11.4. The number of halogens is 1. The molecule has 1 aliphatic heterocycles. The molecule has 0 aliphatic carbocycles. The van der Waals surface area contributed by atoms with Gasteiger partial charge in [0.15, 0.2) is 5.78 Å². The molecule has 1 aromatic rings. The first kappa shape index (κ1) is 16.0. The summed E-state index contributed by atoms with van der Waals surface area (Å²) in [7, 11) is 1.66. The van der Waals surface area contributed by atoms with Crippen molar-refractivity contribution in [2.45, 2.75) is 13.5 Å². The number of ether oxygens (including phenoxy) is 2. The maximum Gasteiger partial charge on any atom is 0.159 e. The molecule has 1 fully saturated rings. The van der Waals surface area contributed by atoms with Gasteiger partial charge in [0.1, 0.15) is 5.75 Å². The van der Waals surface area contributed by atoms with Gasteiger partial charge in [0, 0.05) is 30.8 Å². The van der Waals surface area contributed by atoms with Crippen LogP contribution in [0.25, 0.3) is 0 Å². The van der Waals surface area contributed by atoms with Crippen LogP contribution in [0.15, 0.2) is 18.2 Å². The molecule has 0 unspecified atom stereocenters. The molecular weight excluding hydrogens is 266 g/mol. The van der Waals surface area contributed by atoms with E-state index in [9.17, 15) is 4.79 Å². The van der Waals surface area contributed by atoms with Crippen molar-refractivity contribution in [2.24, 2.45) is 0 Å². The summed E-state index contributed by atoms with van der Waals surface area (Å²) >= 11 is 0. The van der Waals surface area contributed by atoms with Gasteiger partial charge in [0.25, 0.3) is 0 Å². The van der Waals surface area contributed by atoms with Crippen LogP contribution < -0.4 is 4.74 Å². The summed E-state index contributed by atoms with van der Waals surface area (Å²) in [6.45, 7) is 5.78. The Kier molecular flexibility index (Phi) is 6.28. The Labute approximate surface area is 120 Å². The highest BCUT2D eigenvalue weighted by Gasteiger charge is 2.14. The number of Topliss-reactive ketones (excluding diaryl/α,β-unsaturated/α-hetero) is 1. The third-order valence-corrected chi connectivity index (χ3v) is 3.18. The van der Waals surface area contributed by atoms with E-state index in [0.29, 0.717) is 0 Å². The molecule has 106 valence electrons. The standard InChI is InChI=1S/C14H19NO3.ClH/c1-11(16)12-3-4-14(17-2)13(9-12)10-15-5-7-18-8-6-15;/h3-4,9H,5-8,10H2,1-2H3;1H. The Bertz CT molecular complexity index is 431. The van der Waals surface area contributed by atoms with E-state index < -0.39 is 0 Å². The van der Waals surface area contributed by atoms with Crippen LogP contribution in [0.1, 0.15) is 22.8 Å².